The number of piperidine rings is 1. The first kappa shape index (κ1) is 11.7. The first-order valence-corrected chi connectivity index (χ1v) is 6.92. The van der Waals surface area contributed by atoms with Crippen LogP contribution in [0.5, 0.6) is 0 Å². The molecule has 0 radical (unpaired) electrons. The molecule has 4 rings (SSSR count). The van der Waals surface area contributed by atoms with Crippen molar-refractivity contribution in [2.75, 3.05) is 11.4 Å². The Hall–Kier alpha value is -2.05. The summed E-state index contributed by atoms with van der Waals surface area (Å²) in [5.74, 6) is 0.867. The van der Waals surface area contributed by atoms with Gasteiger partial charge in [-0.3, -0.25) is 14.4 Å². The molecule has 1 N–H and O–H groups in total. The second-order valence-corrected chi connectivity index (χ2v) is 5.97. The maximum absolute atomic E-state index is 12.2. The molecule has 1 aromatic rings. The number of hydrogen-bond acceptors (Lipinski definition) is 3. The third-order valence-electron chi connectivity index (χ3n) is 4.68. The zero-order chi connectivity index (χ0) is 14.0. The van der Waals surface area contributed by atoms with Gasteiger partial charge in [-0.1, -0.05) is 0 Å². The number of carboxylic acid groups (broad SMARTS) is 1. The molecule has 0 spiro atoms. The second kappa shape index (κ2) is 3.74. The lowest BCUT2D eigenvalue weighted by Crippen LogP contribution is -2.44. The minimum absolute atomic E-state index is 0.101. The van der Waals surface area contributed by atoms with Crippen molar-refractivity contribution < 1.29 is 14.7 Å². The molecule has 2 fully saturated rings. The predicted octanol–water partition coefficient (Wildman–Crippen LogP) is 0.748. The van der Waals surface area contributed by atoms with Crippen LogP contribution in [0.2, 0.25) is 0 Å². The fourth-order valence-corrected chi connectivity index (χ4v) is 3.36. The van der Waals surface area contributed by atoms with Gasteiger partial charge < -0.3 is 10.0 Å². The van der Waals surface area contributed by atoms with Gasteiger partial charge in [0.15, 0.2) is 0 Å². The molecule has 2 aliphatic heterocycles. The van der Waals surface area contributed by atoms with E-state index in [0.29, 0.717) is 19.0 Å². The van der Waals surface area contributed by atoms with Crippen molar-refractivity contribution in [1.82, 2.24) is 14.7 Å². The normalized spacial score (nSPS) is 31.2. The number of fused-ring (bicyclic) bond motifs is 2. The van der Waals surface area contributed by atoms with Crippen LogP contribution < -0.4 is 4.90 Å². The van der Waals surface area contributed by atoms with E-state index in [0.717, 1.165) is 24.3 Å². The van der Waals surface area contributed by atoms with Gasteiger partial charge in [-0.25, -0.2) is 4.79 Å². The summed E-state index contributed by atoms with van der Waals surface area (Å²) in [4.78, 5) is 26.6. The molecule has 1 saturated heterocycles. The molecule has 2 amide bonds. The molecule has 20 heavy (non-hydrogen) atoms. The van der Waals surface area contributed by atoms with Crippen LogP contribution in [-0.4, -0.2) is 44.4 Å². The topological polar surface area (TPSA) is 78.7 Å². The number of amides is 2. The van der Waals surface area contributed by atoms with E-state index in [1.807, 2.05) is 11.6 Å². The highest BCUT2D eigenvalue weighted by Gasteiger charge is 2.53. The lowest BCUT2D eigenvalue weighted by atomic mass is 10.2. The lowest BCUT2D eigenvalue weighted by molar-refractivity contribution is -0.118. The average molecular weight is 276 g/mol. The van der Waals surface area contributed by atoms with Crippen LogP contribution >= 0.6 is 0 Å². The van der Waals surface area contributed by atoms with E-state index in [1.54, 1.807) is 11.1 Å². The van der Waals surface area contributed by atoms with Gasteiger partial charge in [0, 0.05) is 12.5 Å². The van der Waals surface area contributed by atoms with Crippen molar-refractivity contribution in [3.63, 3.8) is 0 Å². The summed E-state index contributed by atoms with van der Waals surface area (Å²) < 4.78 is 1.83. The fourth-order valence-electron chi connectivity index (χ4n) is 3.36. The Kier molecular flexibility index (Phi) is 2.20. The SMILES string of the molecule is C[C@H]1Cn2ncc(N3CC4CC4C3=O)c2CN1C(=O)O. The number of carbonyl (C=O) groups excluding carboxylic acids is 1. The van der Waals surface area contributed by atoms with Crippen molar-refractivity contribution in [2.45, 2.75) is 32.5 Å². The zero-order valence-corrected chi connectivity index (χ0v) is 11.2. The molecule has 0 bridgehead atoms. The summed E-state index contributed by atoms with van der Waals surface area (Å²) in [5.41, 5.74) is 1.63. The maximum Gasteiger partial charge on any atom is 0.407 e. The summed E-state index contributed by atoms with van der Waals surface area (Å²) in [6.07, 6.45) is 1.79. The van der Waals surface area contributed by atoms with E-state index in [2.05, 4.69) is 5.10 Å². The molecular formula is C13H16N4O3. The van der Waals surface area contributed by atoms with Crippen LogP contribution in [0.25, 0.3) is 0 Å². The summed E-state index contributed by atoms with van der Waals surface area (Å²) in [6.45, 7) is 3.46. The minimum atomic E-state index is -0.925. The van der Waals surface area contributed by atoms with Crippen LogP contribution in [0.15, 0.2) is 6.20 Å². The van der Waals surface area contributed by atoms with Gasteiger partial charge in [-0.2, -0.15) is 5.10 Å². The molecule has 3 atom stereocenters. The van der Waals surface area contributed by atoms with E-state index >= 15 is 0 Å². The molecule has 1 aliphatic carbocycles. The van der Waals surface area contributed by atoms with Gasteiger partial charge in [0.2, 0.25) is 5.91 Å². The van der Waals surface area contributed by atoms with Gasteiger partial charge in [-0.05, 0) is 19.3 Å². The van der Waals surface area contributed by atoms with Gasteiger partial charge in [-0.15, -0.1) is 0 Å². The smallest absolute Gasteiger partial charge is 0.407 e. The summed E-state index contributed by atoms with van der Waals surface area (Å²) in [7, 11) is 0. The Morgan fingerprint density at radius 2 is 2.25 bits per heavy atom. The molecule has 3 heterocycles. The molecule has 7 nitrogen and oxygen atoms in total. The van der Waals surface area contributed by atoms with Crippen molar-refractivity contribution in [3.8, 4) is 0 Å². The van der Waals surface area contributed by atoms with E-state index < -0.39 is 6.09 Å². The molecule has 1 saturated carbocycles. The van der Waals surface area contributed by atoms with E-state index in [9.17, 15) is 14.7 Å². The van der Waals surface area contributed by atoms with Crippen LogP contribution in [-0.2, 0) is 17.9 Å². The van der Waals surface area contributed by atoms with Crippen LogP contribution in [0, 0.1) is 11.8 Å². The Bertz CT molecular complexity index is 611. The molecular weight excluding hydrogens is 260 g/mol. The van der Waals surface area contributed by atoms with Crippen molar-refractivity contribution in [2.24, 2.45) is 11.8 Å². The van der Waals surface area contributed by atoms with Crippen LogP contribution in [0.3, 0.4) is 0 Å². The van der Waals surface area contributed by atoms with Gasteiger partial charge in [0.1, 0.15) is 0 Å². The summed E-state index contributed by atoms with van der Waals surface area (Å²) >= 11 is 0. The van der Waals surface area contributed by atoms with E-state index in [1.165, 1.54) is 4.90 Å². The van der Waals surface area contributed by atoms with E-state index in [4.69, 9.17) is 0 Å². The van der Waals surface area contributed by atoms with Crippen LogP contribution in [0.4, 0.5) is 10.5 Å². The lowest BCUT2D eigenvalue weighted by Gasteiger charge is -2.33. The van der Waals surface area contributed by atoms with Crippen molar-refractivity contribution in [1.29, 1.82) is 0 Å². The third-order valence-corrected chi connectivity index (χ3v) is 4.68. The Balaban J connectivity index is 1.67. The number of aromatic nitrogens is 2. The number of rotatable bonds is 1. The average Bonchev–Trinajstić information content (AvgIpc) is 2.95. The van der Waals surface area contributed by atoms with Crippen molar-refractivity contribution in [3.05, 3.63) is 11.9 Å². The largest absolute Gasteiger partial charge is 0.465 e. The number of anilines is 1. The van der Waals surface area contributed by atoms with Crippen molar-refractivity contribution >= 4 is 17.7 Å². The number of hydrogen-bond donors (Lipinski definition) is 1. The molecule has 2 unspecified atom stereocenters. The highest BCUT2D eigenvalue weighted by Crippen LogP contribution is 2.48. The highest BCUT2D eigenvalue weighted by molar-refractivity contribution is 6.00. The molecule has 3 aliphatic rings. The fraction of sp³-hybridized carbons (Fsp3) is 0.615. The van der Waals surface area contributed by atoms with Gasteiger partial charge >= 0.3 is 6.09 Å². The standard InChI is InChI=1S/C13H16N4O3/c1-7-4-17-11(6-15(7)13(19)20)10(3-14-17)16-5-8-2-9(8)12(16)18/h3,7-9H,2,4-6H2,1H3,(H,19,20)/t7-,8?,9?/m0/s1. The van der Waals surface area contributed by atoms with Gasteiger partial charge in [0.25, 0.3) is 0 Å². The van der Waals surface area contributed by atoms with Crippen LogP contribution in [0.1, 0.15) is 19.0 Å². The van der Waals surface area contributed by atoms with E-state index in [-0.39, 0.29) is 17.9 Å². The molecule has 0 aromatic carbocycles. The summed E-state index contributed by atoms with van der Waals surface area (Å²) in [5, 5.41) is 13.6. The Labute approximate surface area is 115 Å². The monoisotopic (exact) mass is 276 g/mol. The third kappa shape index (κ3) is 1.49. The Morgan fingerprint density at radius 1 is 1.45 bits per heavy atom. The molecule has 7 heteroatoms. The number of nitrogens with zero attached hydrogens (tertiary/aromatic N) is 4. The molecule has 1 aromatic heterocycles. The predicted molar refractivity (Wildman–Crippen MR) is 69.2 cm³/mol. The first-order chi connectivity index (χ1) is 9.56. The quantitative estimate of drug-likeness (QED) is 0.821. The zero-order valence-electron chi connectivity index (χ0n) is 11.2. The maximum atomic E-state index is 12.2. The first-order valence-electron chi connectivity index (χ1n) is 6.92. The summed E-state index contributed by atoms with van der Waals surface area (Å²) in [6, 6.07) is -0.101. The Morgan fingerprint density at radius 3 is 2.90 bits per heavy atom. The van der Waals surface area contributed by atoms with Gasteiger partial charge in [0.05, 0.1) is 36.7 Å². The second-order valence-electron chi connectivity index (χ2n) is 5.97. The minimum Gasteiger partial charge on any atom is -0.465 e. The molecule has 106 valence electrons. The number of carbonyl (C=O) groups is 2. The highest BCUT2D eigenvalue weighted by atomic mass is 16.4.